The van der Waals surface area contributed by atoms with Gasteiger partial charge in [-0.25, -0.2) is 0 Å². The fourth-order valence-electron chi connectivity index (χ4n) is 4.44. The Morgan fingerprint density at radius 1 is 0.889 bits per heavy atom. The molecular weight excluding hydrogens is 458 g/mol. The maximum absolute atomic E-state index is 12.5. The van der Waals surface area contributed by atoms with Crippen LogP contribution in [0, 0.1) is 11.8 Å². The number of thiol groups is 1. The highest BCUT2D eigenvalue weighted by atomic mass is 32.1. The minimum atomic E-state index is -0.124. The standard InChI is InChI=1S/C33H37NOS/c1-5-10-31(32(36)6-2)24(3)23-25(4)34-33(35)22-15-26-13-16-28(17-14-26)30-20-18-29(19-21-30)27-11-8-7-9-12-27/h6-9,11-24,31,36H,5,10H2,1-4H3,(H,34,35)/b22-15+,25-23+,32-6-. The Kier molecular flexibility index (Phi) is 10.4. The third-order valence-electron chi connectivity index (χ3n) is 6.41. The summed E-state index contributed by atoms with van der Waals surface area (Å²) in [6.45, 7) is 8.34. The van der Waals surface area contributed by atoms with Crippen LogP contribution in [0.3, 0.4) is 0 Å². The zero-order valence-electron chi connectivity index (χ0n) is 21.7. The van der Waals surface area contributed by atoms with E-state index in [0.717, 1.165) is 34.6 Å². The first-order valence-corrected chi connectivity index (χ1v) is 13.1. The summed E-state index contributed by atoms with van der Waals surface area (Å²) >= 11 is 4.65. The fourth-order valence-corrected chi connectivity index (χ4v) is 4.80. The molecule has 2 unspecified atom stereocenters. The van der Waals surface area contributed by atoms with Gasteiger partial charge in [0.2, 0.25) is 5.91 Å². The van der Waals surface area contributed by atoms with Gasteiger partial charge in [0.05, 0.1) is 0 Å². The second-order valence-corrected chi connectivity index (χ2v) is 9.72. The molecule has 3 aromatic rings. The summed E-state index contributed by atoms with van der Waals surface area (Å²) in [4.78, 5) is 13.6. The Morgan fingerprint density at radius 3 is 1.94 bits per heavy atom. The van der Waals surface area contributed by atoms with Crippen LogP contribution >= 0.6 is 12.6 Å². The van der Waals surface area contributed by atoms with Gasteiger partial charge in [-0.15, -0.1) is 12.6 Å². The number of carbonyl (C=O) groups is 1. The lowest BCUT2D eigenvalue weighted by Gasteiger charge is -2.22. The molecule has 0 radical (unpaired) electrons. The van der Waals surface area contributed by atoms with Gasteiger partial charge in [0.15, 0.2) is 0 Å². The average molecular weight is 496 g/mol. The van der Waals surface area contributed by atoms with Crippen molar-refractivity contribution in [2.75, 3.05) is 0 Å². The molecule has 0 aliphatic heterocycles. The van der Waals surface area contributed by atoms with E-state index < -0.39 is 0 Å². The van der Waals surface area contributed by atoms with Crippen LogP contribution in [0.25, 0.3) is 28.3 Å². The van der Waals surface area contributed by atoms with Gasteiger partial charge in [0.25, 0.3) is 0 Å². The molecule has 2 atom stereocenters. The third-order valence-corrected chi connectivity index (χ3v) is 7.00. The highest BCUT2D eigenvalue weighted by Crippen LogP contribution is 2.29. The Bertz CT molecular complexity index is 1200. The first-order valence-electron chi connectivity index (χ1n) is 12.7. The lowest BCUT2D eigenvalue weighted by molar-refractivity contribution is -0.115. The lowest BCUT2D eigenvalue weighted by Crippen LogP contribution is -2.20. The van der Waals surface area contributed by atoms with Crippen molar-refractivity contribution in [2.24, 2.45) is 11.8 Å². The highest BCUT2D eigenvalue weighted by Gasteiger charge is 2.17. The minimum Gasteiger partial charge on any atom is -0.327 e. The molecule has 0 aliphatic rings. The van der Waals surface area contributed by atoms with E-state index >= 15 is 0 Å². The van der Waals surface area contributed by atoms with E-state index in [9.17, 15) is 4.79 Å². The zero-order valence-corrected chi connectivity index (χ0v) is 22.6. The van der Waals surface area contributed by atoms with Gasteiger partial charge in [-0.1, -0.05) is 111 Å². The molecule has 0 bridgehead atoms. The second kappa shape index (κ2) is 13.7. The van der Waals surface area contributed by atoms with Gasteiger partial charge in [-0.2, -0.15) is 0 Å². The van der Waals surface area contributed by atoms with Gasteiger partial charge < -0.3 is 5.32 Å². The van der Waals surface area contributed by atoms with Crippen molar-refractivity contribution < 1.29 is 4.79 Å². The van der Waals surface area contributed by atoms with Crippen LogP contribution in [0.5, 0.6) is 0 Å². The summed E-state index contributed by atoms with van der Waals surface area (Å²) < 4.78 is 0. The number of allylic oxidation sites excluding steroid dienone is 4. The van der Waals surface area contributed by atoms with Crippen LogP contribution < -0.4 is 5.32 Å². The summed E-state index contributed by atoms with van der Waals surface area (Å²) in [5, 5.41) is 2.98. The van der Waals surface area contributed by atoms with Gasteiger partial charge in [0.1, 0.15) is 0 Å². The van der Waals surface area contributed by atoms with Crippen molar-refractivity contribution in [2.45, 2.75) is 40.5 Å². The normalized spacial score (nSPS) is 14.0. The minimum absolute atomic E-state index is 0.124. The van der Waals surface area contributed by atoms with Gasteiger partial charge in [0, 0.05) is 11.8 Å². The molecule has 0 heterocycles. The summed E-state index contributed by atoms with van der Waals surface area (Å²) in [7, 11) is 0. The Hall–Kier alpha value is -3.30. The van der Waals surface area contributed by atoms with E-state index in [4.69, 9.17) is 0 Å². The maximum Gasteiger partial charge on any atom is 0.248 e. The van der Waals surface area contributed by atoms with Crippen molar-refractivity contribution in [1.82, 2.24) is 5.32 Å². The highest BCUT2D eigenvalue weighted by molar-refractivity contribution is 7.84. The number of amides is 1. The smallest absolute Gasteiger partial charge is 0.248 e. The number of carbonyl (C=O) groups excluding carboxylic acids is 1. The van der Waals surface area contributed by atoms with E-state index in [1.54, 1.807) is 6.08 Å². The van der Waals surface area contributed by atoms with Crippen LogP contribution in [0.2, 0.25) is 0 Å². The fraction of sp³-hybridized carbons (Fsp3) is 0.242. The summed E-state index contributed by atoms with van der Waals surface area (Å²) in [5.41, 5.74) is 6.59. The molecule has 3 rings (SSSR count). The molecule has 2 nitrogen and oxygen atoms in total. The monoisotopic (exact) mass is 495 g/mol. The number of nitrogens with one attached hydrogen (secondary N) is 1. The molecule has 3 aromatic carbocycles. The molecule has 0 saturated heterocycles. The molecule has 3 heteroatoms. The van der Waals surface area contributed by atoms with Crippen molar-refractivity contribution in [3.63, 3.8) is 0 Å². The average Bonchev–Trinajstić information content (AvgIpc) is 2.91. The quantitative estimate of drug-likeness (QED) is 0.213. The van der Waals surface area contributed by atoms with E-state index in [-0.39, 0.29) is 5.91 Å². The Balaban J connectivity index is 1.59. The van der Waals surface area contributed by atoms with Crippen LogP contribution in [-0.2, 0) is 4.79 Å². The van der Waals surface area contributed by atoms with E-state index in [2.05, 4.69) is 105 Å². The molecule has 0 spiro atoms. The molecule has 36 heavy (non-hydrogen) atoms. The van der Waals surface area contributed by atoms with Crippen LogP contribution in [0.4, 0.5) is 0 Å². The van der Waals surface area contributed by atoms with Crippen molar-refractivity contribution in [1.29, 1.82) is 0 Å². The molecule has 0 fully saturated rings. The van der Waals surface area contributed by atoms with Crippen LogP contribution in [-0.4, -0.2) is 5.91 Å². The van der Waals surface area contributed by atoms with E-state index in [1.807, 2.05) is 38.1 Å². The summed E-state index contributed by atoms with van der Waals surface area (Å²) in [6.07, 6.45) is 9.81. The topological polar surface area (TPSA) is 29.1 Å². The Morgan fingerprint density at radius 2 is 1.42 bits per heavy atom. The van der Waals surface area contributed by atoms with Gasteiger partial charge in [-0.05, 0) is 70.9 Å². The van der Waals surface area contributed by atoms with Gasteiger partial charge >= 0.3 is 0 Å². The molecular formula is C33H37NOS. The largest absolute Gasteiger partial charge is 0.327 e. The van der Waals surface area contributed by atoms with Crippen molar-refractivity contribution in [3.05, 3.63) is 113 Å². The third kappa shape index (κ3) is 7.86. The molecule has 1 amide bonds. The van der Waals surface area contributed by atoms with E-state index in [0.29, 0.717) is 11.8 Å². The zero-order chi connectivity index (χ0) is 25.9. The first-order chi connectivity index (χ1) is 17.4. The van der Waals surface area contributed by atoms with E-state index in [1.165, 1.54) is 16.7 Å². The second-order valence-electron chi connectivity index (χ2n) is 9.21. The lowest BCUT2D eigenvalue weighted by atomic mass is 9.88. The van der Waals surface area contributed by atoms with Crippen LogP contribution in [0.1, 0.15) is 46.1 Å². The SMILES string of the molecule is C/C=C(\S)C(CCC)C(C)/C=C(\C)NC(=O)/C=C/c1ccc(-c2ccc(-c3ccccc3)cc2)cc1. The number of hydrogen-bond donors (Lipinski definition) is 2. The number of benzene rings is 3. The molecule has 0 aliphatic carbocycles. The number of hydrogen-bond acceptors (Lipinski definition) is 2. The van der Waals surface area contributed by atoms with Crippen molar-refractivity contribution >= 4 is 24.6 Å². The van der Waals surface area contributed by atoms with Gasteiger partial charge in [-0.3, -0.25) is 4.79 Å². The van der Waals surface area contributed by atoms with Crippen LogP contribution in [0.15, 0.2) is 108 Å². The molecule has 0 aromatic heterocycles. The molecule has 186 valence electrons. The first kappa shape index (κ1) is 27.3. The predicted octanol–water partition coefficient (Wildman–Crippen LogP) is 8.94. The number of rotatable bonds is 10. The maximum atomic E-state index is 12.5. The predicted molar refractivity (Wildman–Crippen MR) is 159 cm³/mol. The molecule has 1 N–H and O–H groups in total. The summed E-state index contributed by atoms with van der Waals surface area (Å²) in [6, 6.07) is 27.2. The molecule has 0 saturated carbocycles. The summed E-state index contributed by atoms with van der Waals surface area (Å²) in [5.74, 6) is 0.548. The van der Waals surface area contributed by atoms with Crippen molar-refractivity contribution in [3.8, 4) is 22.3 Å². The Labute approximate surface area is 222 Å².